The number of piperazine rings is 1. The summed E-state index contributed by atoms with van der Waals surface area (Å²) in [6.45, 7) is 3.19. The molecule has 1 N–H and O–H groups in total. The standard InChI is InChI=1S/C23H22FN3O3/c1-14(18-16(13-25)10-11-17(30-4)19(18)24)20-21(28)27(3)23(2,22(29)26-20)12-15-8-6-5-7-9-15/h5-11H,12H2,1-4H3,(H,26,29). The smallest absolute Gasteiger partial charge is 0.271 e. The number of nitrogens with zero attached hydrogens (tertiary/aromatic N) is 2. The van der Waals surface area contributed by atoms with E-state index in [2.05, 4.69) is 5.32 Å². The highest BCUT2D eigenvalue weighted by Gasteiger charge is 2.46. The van der Waals surface area contributed by atoms with E-state index in [1.165, 1.54) is 31.1 Å². The first kappa shape index (κ1) is 21.1. The lowest BCUT2D eigenvalue weighted by Gasteiger charge is -2.42. The van der Waals surface area contributed by atoms with Gasteiger partial charge in [-0.1, -0.05) is 30.3 Å². The Balaban J connectivity index is 2.07. The van der Waals surface area contributed by atoms with Gasteiger partial charge >= 0.3 is 0 Å². The number of hydrogen-bond acceptors (Lipinski definition) is 4. The second-order valence-electron chi connectivity index (χ2n) is 7.37. The average molecular weight is 407 g/mol. The molecule has 1 aliphatic rings. The molecule has 1 saturated heterocycles. The Bertz CT molecular complexity index is 1090. The van der Waals surface area contributed by atoms with E-state index in [0.29, 0.717) is 6.42 Å². The van der Waals surface area contributed by atoms with Crippen LogP contribution in [0.1, 0.15) is 30.5 Å². The van der Waals surface area contributed by atoms with Gasteiger partial charge in [-0.05, 0) is 37.1 Å². The van der Waals surface area contributed by atoms with Gasteiger partial charge in [-0.3, -0.25) is 9.59 Å². The number of allylic oxidation sites excluding steroid dienone is 1. The topological polar surface area (TPSA) is 82.4 Å². The van der Waals surface area contributed by atoms with Crippen LogP contribution in [0.3, 0.4) is 0 Å². The van der Waals surface area contributed by atoms with Crippen molar-refractivity contribution in [3.8, 4) is 11.8 Å². The number of carbonyl (C=O) groups is 2. The van der Waals surface area contributed by atoms with Gasteiger partial charge in [0.05, 0.1) is 18.7 Å². The summed E-state index contributed by atoms with van der Waals surface area (Å²) in [6.07, 6.45) is 0.325. The van der Waals surface area contributed by atoms with E-state index in [9.17, 15) is 19.2 Å². The van der Waals surface area contributed by atoms with Crippen molar-refractivity contribution < 1.29 is 18.7 Å². The largest absolute Gasteiger partial charge is 0.494 e. The van der Waals surface area contributed by atoms with Crippen LogP contribution in [-0.2, 0) is 16.0 Å². The second-order valence-corrected chi connectivity index (χ2v) is 7.37. The molecule has 154 valence electrons. The fraction of sp³-hybridized carbons (Fsp3) is 0.261. The Morgan fingerprint density at radius 1 is 1.23 bits per heavy atom. The first-order chi connectivity index (χ1) is 14.2. The molecule has 3 rings (SSSR count). The van der Waals surface area contributed by atoms with E-state index < -0.39 is 17.3 Å². The molecule has 1 fully saturated rings. The van der Waals surface area contributed by atoms with Crippen molar-refractivity contribution in [3.63, 3.8) is 0 Å². The number of methoxy groups -OCH3 is 1. The van der Waals surface area contributed by atoms with Crippen molar-refractivity contribution in [2.75, 3.05) is 14.2 Å². The Hall–Kier alpha value is -3.66. The van der Waals surface area contributed by atoms with Gasteiger partial charge in [0.1, 0.15) is 11.2 Å². The van der Waals surface area contributed by atoms with E-state index in [0.717, 1.165) is 5.56 Å². The number of rotatable bonds is 4. The van der Waals surface area contributed by atoms with Gasteiger partial charge in [0.15, 0.2) is 11.6 Å². The zero-order valence-corrected chi connectivity index (χ0v) is 17.2. The van der Waals surface area contributed by atoms with Gasteiger partial charge in [0.25, 0.3) is 11.8 Å². The predicted molar refractivity (Wildman–Crippen MR) is 110 cm³/mol. The van der Waals surface area contributed by atoms with Crippen LogP contribution in [0.2, 0.25) is 0 Å². The Labute approximate surface area is 174 Å². The highest BCUT2D eigenvalue weighted by Crippen LogP contribution is 2.33. The van der Waals surface area contributed by atoms with E-state index >= 15 is 0 Å². The third-order valence-electron chi connectivity index (χ3n) is 5.57. The lowest BCUT2D eigenvalue weighted by molar-refractivity contribution is -0.147. The SMILES string of the molecule is COc1ccc(C#N)c(C(C)=C2NC(=O)C(C)(Cc3ccccc3)N(C)C2=O)c1F. The molecule has 0 aliphatic carbocycles. The predicted octanol–water partition coefficient (Wildman–Crippen LogP) is 3.03. The zero-order chi connectivity index (χ0) is 22.1. The van der Waals surface area contributed by atoms with E-state index in [4.69, 9.17) is 4.74 Å². The van der Waals surface area contributed by atoms with Crippen LogP contribution in [-0.4, -0.2) is 36.4 Å². The fourth-order valence-electron chi connectivity index (χ4n) is 3.59. The molecule has 30 heavy (non-hydrogen) atoms. The van der Waals surface area contributed by atoms with Gasteiger partial charge in [0.2, 0.25) is 0 Å². The molecule has 0 spiro atoms. The summed E-state index contributed by atoms with van der Waals surface area (Å²) < 4.78 is 19.9. The third-order valence-corrected chi connectivity index (χ3v) is 5.57. The number of halogens is 1. The van der Waals surface area contributed by atoms with Gasteiger partial charge < -0.3 is 15.0 Å². The van der Waals surface area contributed by atoms with Gasteiger partial charge in [0, 0.05) is 19.0 Å². The Morgan fingerprint density at radius 3 is 2.50 bits per heavy atom. The minimum Gasteiger partial charge on any atom is -0.494 e. The third kappa shape index (κ3) is 3.41. The molecular weight excluding hydrogens is 385 g/mol. The quantitative estimate of drug-likeness (QED) is 0.790. The average Bonchev–Trinajstić information content (AvgIpc) is 2.75. The molecule has 2 aromatic rings. The van der Waals surface area contributed by atoms with Crippen LogP contribution in [0.15, 0.2) is 48.2 Å². The van der Waals surface area contributed by atoms with Gasteiger partial charge in [-0.15, -0.1) is 0 Å². The minimum atomic E-state index is -1.12. The molecule has 1 heterocycles. The lowest BCUT2D eigenvalue weighted by atomic mass is 9.87. The molecule has 1 atom stereocenters. The van der Waals surface area contributed by atoms with Crippen LogP contribution < -0.4 is 10.1 Å². The molecule has 2 aromatic carbocycles. The molecule has 0 aromatic heterocycles. The molecular formula is C23H22FN3O3. The molecule has 2 amide bonds. The molecule has 6 nitrogen and oxygen atoms in total. The van der Waals surface area contributed by atoms with Crippen LogP contribution in [0.5, 0.6) is 5.75 Å². The first-order valence-corrected chi connectivity index (χ1v) is 9.36. The lowest BCUT2D eigenvalue weighted by Crippen LogP contribution is -2.64. The number of hydrogen-bond donors (Lipinski definition) is 1. The fourth-order valence-corrected chi connectivity index (χ4v) is 3.59. The van der Waals surface area contributed by atoms with Crippen molar-refractivity contribution >= 4 is 17.4 Å². The summed E-state index contributed by atoms with van der Waals surface area (Å²) in [6, 6.07) is 14.1. The second kappa shape index (κ2) is 7.99. The number of likely N-dealkylation sites (N-methyl/N-ethyl adjacent to an activating group) is 1. The van der Waals surface area contributed by atoms with Gasteiger partial charge in [-0.2, -0.15) is 5.26 Å². The number of amides is 2. The van der Waals surface area contributed by atoms with Crippen LogP contribution in [0.25, 0.3) is 5.57 Å². The summed E-state index contributed by atoms with van der Waals surface area (Å²) in [5.74, 6) is -1.66. The maximum atomic E-state index is 14.9. The number of nitrogens with one attached hydrogen (secondary N) is 1. The molecule has 7 heteroatoms. The Kier molecular flexibility index (Phi) is 5.61. The molecule has 0 saturated carbocycles. The Morgan fingerprint density at radius 2 is 1.90 bits per heavy atom. The molecule has 0 bridgehead atoms. The first-order valence-electron chi connectivity index (χ1n) is 9.36. The van der Waals surface area contributed by atoms with Crippen LogP contribution >= 0.6 is 0 Å². The van der Waals surface area contributed by atoms with Gasteiger partial charge in [-0.25, -0.2) is 4.39 Å². The monoisotopic (exact) mass is 407 g/mol. The molecule has 1 unspecified atom stereocenters. The summed E-state index contributed by atoms with van der Waals surface area (Å²) >= 11 is 0. The maximum Gasteiger partial charge on any atom is 0.271 e. The minimum absolute atomic E-state index is 0.0422. The van der Waals surface area contributed by atoms with Crippen molar-refractivity contribution in [2.45, 2.75) is 25.8 Å². The highest BCUT2D eigenvalue weighted by atomic mass is 19.1. The number of nitriles is 1. The van der Waals surface area contributed by atoms with Crippen molar-refractivity contribution in [2.24, 2.45) is 0 Å². The highest BCUT2D eigenvalue weighted by molar-refractivity contribution is 6.10. The summed E-state index contributed by atoms with van der Waals surface area (Å²) in [4.78, 5) is 27.6. The number of benzene rings is 2. The van der Waals surface area contributed by atoms with Crippen LogP contribution in [0.4, 0.5) is 4.39 Å². The molecule has 1 aliphatic heterocycles. The normalized spacial score (nSPS) is 20.5. The maximum absolute atomic E-state index is 14.9. The summed E-state index contributed by atoms with van der Waals surface area (Å²) in [5, 5.41) is 12.1. The van der Waals surface area contributed by atoms with Crippen molar-refractivity contribution in [3.05, 3.63) is 70.7 Å². The van der Waals surface area contributed by atoms with E-state index in [1.807, 2.05) is 36.4 Å². The van der Waals surface area contributed by atoms with Crippen LogP contribution in [0, 0.1) is 17.1 Å². The zero-order valence-electron chi connectivity index (χ0n) is 17.2. The number of ether oxygens (including phenoxy) is 1. The van der Waals surface area contributed by atoms with E-state index in [-0.39, 0.29) is 34.1 Å². The summed E-state index contributed by atoms with van der Waals surface area (Å²) in [5.41, 5.74) is -0.134. The molecule has 0 radical (unpaired) electrons. The number of carbonyl (C=O) groups excluding carboxylic acids is 2. The van der Waals surface area contributed by atoms with Crippen molar-refractivity contribution in [1.29, 1.82) is 5.26 Å². The van der Waals surface area contributed by atoms with Crippen molar-refractivity contribution in [1.82, 2.24) is 10.2 Å². The summed E-state index contributed by atoms with van der Waals surface area (Å²) in [7, 11) is 2.86. The van der Waals surface area contributed by atoms with E-state index in [1.54, 1.807) is 14.0 Å².